The summed E-state index contributed by atoms with van der Waals surface area (Å²) in [6, 6.07) is 15.5. The van der Waals surface area contributed by atoms with Crippen LogP contribution in [0.15, 0.2) is 66.3 Å². The number of aromatic hydroxyl groups is 1. The molecule has 7 rings (SSSR count). The average Bonchev–Trinajstić information content (AvgIpc) is 3.96. The van der Waals surface area contributed by atoms with Crippen molar-refractivity contribution >= 4 is 40.1 Å². The number of phenols is 1. The number of carbonyl (C=O) groups is 3. The Balaban J connectivity index is 0.847. The van der Waals surface area contributed by atoms with Crippen LogP contribution in [0.5, 0.6) is 5.75 Å². The Bertz CT molecular complexity index is 2240. The number of rotatable bonds is 14. The molecule has 0 saturated carbocycles. The molecule has 0 radical (unpaired) electrons. The lowest BCUT2D eigenvalue weighted by molar-refractivity contribution is -0.144. The number of piperidine rings is 1. The van der Waals surface area contributed by atoms with Gasteiger partial charge in [-0.1, -0.05) is 63.6 Å². The quantitative estimate of drug-likeness (QED) is 0.0804. The number of likely N-dealkylation sites (tertiary alicyclic amines) is 2. The van der Waals surface area contributed by atoms with Crippen molar-refractivity contribution in [2.75, 3.05) is 26.2 Å². The number of hydrogen-bond donors (Lipinski definition) is 5. The smallest absolute Gasteiger partial charge is 0.246 e. The second-order valence-electron chi connectivity index (χ2n) is 17.1. The first kappa shape index (κ1) is 42.0. The lowest BCUT2D eigenvalue weighted by atomic mass is 9.85. The maximum atomic E-state index is 14.0. The van der Waals surface area contributed by atoms with E-state index in [0.29, 0.717) is 30.0 Å². The second kappa shape index (κ2) is 18.4. The average molecular weight is 821 g/mol. The molecule has 312 valence electrons. The summed E-state index contributed by atoms with van der Waals surface area (Å²) < 4.78 is 0. The number of β-amino-alcohol motifs (C(OH)–C–C–N with tert-alkyl or cyclic N) is 1. The minimum absolute atomic E-state index is 0.0383. The summed E-state index contributed by atoms with van der Waals surface area (Å²) in [6.45, 7) is 11.0. The fraction of sp³-hybridized carbons (Fsp3) is 0.467. The van der Waals surface area contributed by atoms with E-state index in [9.17, 15) is 24.6 Å². The first-order chi connectivity index (χ1) is 28.4. The van der Waals surface area contributed by atoms with Crippen LogP contribution in [0.1, 0.15) is 88.5 Å². The van der Waals surface area contributed by atoms with E-state index in [1.165, 1.54) is 10.5 Å². The highest BCUT2D eigenvalue weighted by Crippen LogP contribution is 2.35. The zero-order valence-electron chi connectivity index (χ0n) is 34.4. The van der Waals surface area contributed by atoms with Gasteiger partial charge in [-0.05, 0) is 98.5 Å². The molecule has 5 N–H and O–H groups in total. The Kier molecular flexibility index (Phi) is 13.1. The van der Waals surface area contributed by atoms with Crippen molar-refractivity contribution in [1.29, 1.82) is 0 Å². The molecule has 3 aromatic heterocycles. The molecule has 1 unspecified atom stereocenters. The first-order valence-electron chi connectivity index (χ1n) is 20.8. The number of aliphatic hydroxyl groups is 1. The third kappa shape index (κ3) is 10.00. The van der Waals surface area contributed by atoms with Crippen LogP contribution in [0.25, 0.3) is 32.7 Å². The maximum absolute atomic E-state index is 14.0. The number of benzene rings is 2. The standard InChI is InChI=1S/C45H56N8O5S/c1-28-40(59-27-48-28)31-15-13-29(14-16-31)24-47-43(57)37-22-32(54)26-53(37)44(58)41(45(2,3)4)49-39(56)12-6-5-9-19-52-20-17-30(18-21-52)35-25-46-42-34(35)23-36(50-51-42)33-10-7-8-11-38(33)55/h7-8,10-11,13-16,23,25,27,30,32,37,41,54-55H,5-6,9,12,17-22,24,26H2,1-4H3,(H,46,51)(H,47,57)(H,49,56)/t32-,37+,41?/m1/s1. The molecule has 2 fully saturated rings. The molecule has 5 aromatic rings. The molecule has 0 bridgehead atoms. The normalized spacial score (nSPS) is 18.3. The van der Waals surface area contributed by atoms with Crippen molar-refractivity contribution in [3.05, 3.63) is 83.1 Å². The largest absolute Gasteiger partial charge is 0.507 e. The molecule has 59 heavy (non-hydrogen) atoms. The Labute approximate surface area is 349 Å². The number of para-hydroxylation sites is 1. The Hall–Kier alpha value is -5.18. The number of aromatic amines is 1. The molecule has 2 aromatic carbocycles. The van der Waals surface area contributed by atoms with Gasteiger partial charge in [0.15, 0.2) is 5.65 Å². The van der Waals surface area contributed by atoms with Gasteiger partial charge in [0.25, 0.3) is 0 Å². The number of H-pyrrole nitrogens is 1. The van der Waals surface area contributed by atoms with E-state index in [2.05, 4.69) is 35.7 Å². The molecule has 3 atom stereocenters. The van der Waals surface area contributed by atoms with Gasteiger partial charge in [-0.15, -0.1) is 21.5 Å². The molecule has 0 spiro atoms. The molecular formula is C45H56N8O5S. The minimum Gasteiger partial charge on any atom is -0.507 e. The summed E-state index contributed by atoms with van der Waals surface area (Å²) in [4.78, 5) is 53.4. The number of amides is 3. The van der Waals surface area contributed by atoms with Crippen molar-refractivity contribution in [2.45, 2.75) is 103 Å². The lowest BCUT2D eigenvalue weighted by Gasteiger charge is -2.35. The first-order valence-corrected chi connectivity index (χ1v) is 21.6. The number of nitrogens with zero attached hydrogens (tertiary/aromatic N) is 5. The van der Waals surface area contributed by atoms with Crippen LogP contribution >= 0.6 is 11.3 Å². The molecule has 2 aliphatic heterocycles. The number of nitrogens with one attached hydrogen (secondary N) is 3. The fourth-order valence-corrected chi connectivity index (χ4v) is 9.19. The van der Waals surface area contributed by atoms with E-state index in [0.717, 1.165) is 78.0 Å². The highest BCUT2D eigenvalue weighted by atomic mass is 32.1. The molecule has 0 aliphatic carbocycles. The third-order valence-electron chi connectivity index (χ3n) is 11.8. The highest BCUT2D eigenvalue weighted by Gasteiger charge is 2.44. The maximum Gasteiger partial charge on any atom is 0.246 e. The number of unbranched alkanes of at least 4 members (excludes halogenated alkanes) is 2. The van der Waals surface area contributed by atoms with Crippen molar-refractivity contribution in [2.24, 2.45) is 5.41 Å². The van der Waals surface area contributed by atoms with E-state index < -0.39 is 23.6 Å². The fourth-order valence-electron chi connectivity index (χ4n) is 8.38. The number of aliphatic hydroxyl groups excluding tert-OH is 1. The predicted molar refractivity (Wildman–Crippen MR) is 230 cm³/mol. The number of phenolic OH excluding ortho intramolecular Hbond substituents is 1. The Morgan fingerprint density at radius 1 is 1.02 bits per heavy atom. The van der Waals surface area contributed by atoms with Crippen molar-refractivity contribution in [3.63, 3.8) is 0 Å². The number of hydrogen-bond acceptors (Lipinski definition) is 10. The molecule has 2 aliphatic rings. The molecular weight excluding hydrogens is 765 g/mol. The van der Waals surface area contributed by atoms with Gasteiger partial charge in [-0.3, -0.25) is 14.4 Å². The van der Waals surface area contributed by atoms with Gasteiger partial charge in [-0.2, -0.15) is 0 Å². The Morgan fingerprint density at radius 2 is 1.78 bits per heavy atom. The number of carbonyl (C=O) groups excluding carboxylic acids is 3. The number of fused-ring (bicyclic) bond motifs is 1. The second-order valence-corrected chi connectivity index (χ2v) is 18.0. The van der Waals surface area contributed by atoms with Crippen molar-refractivity contribution < 1.29 is 24.6 Å². The van der Waals surface area contributed by atoms with E-state index >= 15 is 0 Å². The van der Waals surface area contributed by atoms with Gasteiger partial charge < -0.3 is 35.6 Å². The van der Waals surface area contributed by atoms with E-state index in [4.69, 9.17) is 0 Å². The number of aromatic nitrogens is 4. The van der Waals surface area contributed by atoms with Crippen LogP contribution in [-0.2, 0) is 20.9 Å². The molecule has 14 heteroatoms. The summed E-state index contributed by atoms with van der Waals surface area (Å²) in [5.41, 5.74) is 7.49. The van der Waals surface area contributed by atoms with Gasteiger partial charge >= 0.3 is 0 Å². The van der Waals surface area contributed by atoms with Crippen LogP contribution in [-0.4, -0.2) is 102 Å². The molecule has 5 heterocycles. The lowest BCUT2D eigenvalue weighted by Crippen LogP contribution is -2.57. The predicted octanol–water partition coefficient (Wildman–Crippen LogP) is 6.31. The summed E-state index contributed by atoms with van der Waals surface area (Å²) in [5, 5.41) is 36.7. The minimum atomic E-state index is -0.846. The van der Waals surface area contributed by atoms with Crippen LogP contribution in [0.4, 0.5) is 0 Å². The van der Waals surface area contributed by atoms with Crippen LogP contribution in [0.3, 0.4) is 0 Å². The van der Waals surface area contributed by atoms with E-state index in [-0.39, 0.29) is 43.0 Å². The summed E-state index contributed by atoms with van der Waals surface area (Å²) >= 11 is 1.59. The Morgan fingerprint density at radius 3 is 2.49 bits per heavy atom. The highest BCUT2D eigenvalue weighted by molar-refractivity contribution is 7.13. The van der Waals surface area contributed by atoms with Gasteiger partial charge in [0.1, 0.15) is 17.8 Å². The topological polar surface area (TPSA) is 177 Å². The van der Waals surface area contributed by atoms with Gasteiger partial charge in [0, 0.05) is 43.1 Å². The number of aryl methyl sites for hydroxylation is 1. The summed E-state index contributed by atoms with van der Waals surface area (Å²) in [7, 11) is 0. The van der Waals surface area contributed by atoms with Gasteiger partial charge in [0.2, 0.25) is 17.7 Å². The molecule has 2 saturated heterocycles. The van der Waals surface area contributed by atoms with Gasteiger partial charge in [0.05, 0.1) is 27.9 Å². The molecule has 3 amide bonds. The third-order valence-corrected chi connectivity index (χ3v) is 12.7. The molecule has 13 nitrogen and oxygen atoms in total. The van der Waals surface area contributed by atoms with Crippen LogP contribution in [0, 0.1) is 12.3 Å². The number of thiazole rings is 1. The SMILES string of the molecule is Cc1ncsc1-c1ccc(CNC(=O)[C@@H]2C[C@@H](O)CN2C(=O)C(NC(=O)CCCCCN2CCC(c3c[nH]c4nnc(-c5ccccc5O)cc34)CC2)C(C)(C)C)cc1. The monoisotopic (exact) mass is 820 g/mol. The summed E-state index contributed by atoms with van der Waals surface area (Å²) in [6.07, 6.45) is 6.32. The van der Waals surface area contributed by atoms with Crippen LogP contribution < -0.4 is 10.6 Å². The summed E-state index contributed by atoms with van der Waals surface area (Å²) in [5.74, 6) is -0.283. The zero-order chi connectivity index (χ0) is 41.7. The van der Waals surface area contributed by atoms with E-state index in [1.807, 2.05) is 81.9 Å². The van der Waals surface area contributed by atoms with E-state index in [1.54, 1.807) is 23.5 Å². The van der Waals surface area contributed by atoms with Crippen molar-refractivity contribution in [3.8, 4) is 27.4 Å². The van der Waals surface area contributed by atoms with Crippen LogP contribution in [0.2, 0.25) is 0 Å². The zero-order valence-corrected chi connectivity index (χ0v) is 35.2. The van der Waals surface area contributed by atoms with Crippen molar-refractivity contribution in [1.82, 2.24) is 40.6 Å². The van der Waals surface area contributed by atoms with Gasteiger partial charge in [-0.25, -0.2) is 4.98 Å².